The molecule has 3 nitrogen and oxygen atoms in total. The molecule has 0 amide bonds. The van der Waals surface area contributed by atoms with Crippen LogP contribution in [0.25, 0.3) is 0 Å². The predicted octanol–water partition coefficient (Wildman–Crippen LogP) is 2.84. The molecule has 0 spiro atoms. The van der Waals surface area contributed by atoms with Gasteiger partial charge in [-0.1, -0.05) is 19.1 Å². The average Bonchev–Trinajstić information content (AvgIpc) is 2.81. The Kier molecular flexibility index (Phi) is 4.68. The molecule has 0 saturated carbocycles. The van der Waals surface area contributed by atoms with Crippen molar-refractivity contribution in [1.29, 1.82) is 0 Å². The Hall–Kier alpha value is -1.68. The fourth-order valence-electron chi connectivity index (χ4n) is 2.24. The van der Waals surface area contributed by atoms with E-state index >= 15 is 0 Å². The van der Waals surface area contributed by atoms with E-state index in [0.717, 1.165) is 30.8 Å². The number of imidazole rings is 1. The summed E-state index contributed by atoms with van der Waals surface area (Å²) in [7, 11) is 2.00. The largest absolute Gasteiger partial charge is 0.338 e. The van der Waals surface area contributed by atoms with E-state index in [1.807, 2.05) is 36.1 Å². The molecule has 1 aromatic heterocycles. The minimum atomic E-state index is -0.192. The second kappa shape index (κ2) is 6.48. The van der Waals surface area contributed by atoms with Crippen LogP contribution >= 0.6 is 0 Å². The molecule has 1 heterocycles. The van der Waals surface area contributed by atoms with Gasteiger partial charge in [-0.3, -0.25) is 0 Å². The molecule has 1 unspecified atom stereocenters. The molecule has 102 valence electrons. The van der Waals surface area contributed by atoms with Crippen molar-refractivity contribution in [3.05, 3.63) is 53.9 Å². The zero-order valence-corrected chi connectivity index (χ0v) is 11.4. The quantitative estimate of drug-likeness (QED) is 0.866. The number of nitrogens with zero attached hydrogens (tertiary/aromatic N) is 2. The zero-order chi connectivity index (χ0) is 13.7. The van der Waals surface area contributed by atoms with Gasteiger partial charge in [0.2, 0.25) is 0 Å². The first-order chi connectivity index (χ1) is 9.20. The van der Waals surface area contributed by atoms with Crippen molar-refractivity contribution >= 4 is 0 Å². The van der Waals surface area contributed by atoms with Gasteiger partial charge in [-0.25, -0.2) is 9.37 Å². The SMILES string of the molecule is CCNC(CCc1nccn1C)c1ccc(F)cc1. The van der Waals surface area contributed by atoms with Crippen LogP contribution in [-0.4, -0.2) is 16.1 Å². The van der Waals surface area contributed by atoms with Gasteiger partial charge in [0, 0.05) is 31.9 Å². The van der Waals surface area contributed by atoms with Gasteiger partial charge in [-0.05, 0) is 30.7 Å². The maximum Gasteiger partial charge on any atom is 0.123 e. The normalized spacial score (nSPS) is 12.6. The fraction of sp³-hybridized carbons (Fsp3) is 0.400. The Morgan fingerprint density at radius 2 is 2.05 bits per heavy atom. The second-order valence-electron chi connectivity index (χ2n) is 4.65. The topological polar surface area (TPSA) is 29.9 Å². The van der Waals surface area contributed by atoms with Gasteiger partial charge in [0.15, 0.2) is 0 Å². The summed E-state index contributed by atoms with van der Waals surface area (Å²) in [6, 6.07) is 6.96. The molecule has 1 aromatic carbocycles. The highest BCUT2D eigenvalue weighted by atomic mass is 19.1. The Morgan fingerprint density at radius 1 is 1.32 bits per heavy atom. The molecule has 0 saturated heterocycles. The summed E-state index contributed by atoms with van der Waals surface area (Å²) in [5.74, 6) is 0.883. The van der Waals surface area contributed by atoms with Crippen molar-refractivity contribution in [1.82, 2.24) is 14.9 Å². The highest BCUT2D eigenvalue weighted by Crippen LogP contribution is 2.19. The lowest BCUT2D eigenvalue weighted by molar-refractivity contribution is 0.504. The number of aromatic nitrogens is 2. The van der Waals surface area contributed by atoms with Gasteiger partial charge in [0.25, 0.3) is 0 Å². The Labute approximate surface area is 113 Å². The lowest BCUT2D eigenvalue weighted by Crippen LogP contribution is -2.22. The van der Waals surface area contributed by atoms with E-state index < -0.39 is 0 Å². The van der Waals surface area contributed by atoms with Gasteiger partial charge < -0.3 is 9.88 Å². The maximum atomic E-state index is 13.0. The lowest BCUT2D eigenvalue weighted by atomic mass is 10.0. The lowest BCUT2D eigenvalue weighted by Gasteiger charge is -2.18. The van der Waals surface area contributed by atoms with Gasteiger partial charge in [-0.2, -0.15) is 0 Å². The highest BCUT2D eigenvalue weighted by molar-refractivity contribution is 5.20. The monoisotopic (exact) mass is 261 g/mol. The van der Waals surface area contributed by atoms with Gasteiger partial charge in [0.05, 0.1) is 0 Å². The number of hydrogen-bond donors (Lipinski definition) is 1. The minimum Gasteiger partial charge on any atom is -0.338 e. The van der Waals surface area contributed by atoms with Crippen LogP contribution in [0.3, 0.4) is 0 Å². The van der Waals surface area contributed by atoms with Crippen molar-refractivity contribution in [2.45, 2.75) is 25.8 Å². The molecule has 1 atom stereocenters. The average molecular weight is 261 g/mol. The summed E-state index contributed by atoms with van der Waals surface area (Å²) in [4.78, 5) is 4.33. The van der Waals surface area contributed by atoms with E-state index in [0.29, 0.717) is 0 Å². The summed E-state index contributed by atoms with van der Waals surface area (Å²) in [6.45, 7) is 2.97. The van der Waals surface area contributed by atoms with E-state index in [4.69, 9.17) is 0 Å². The Morgan fingerprint density at radius 3 is 2.63 bits per heavy atom. The summed E-state index contributed by atoms with van der Waals surface area (Å²) >= 11 is 0. The highest BCUT2D eigenvalue weighted by Gasteiger charge is 2.11. The summed E-state index contributed by atoms with van der Waals surface area (Å²) in [5, 5.41) is 3.44. The van der Waals surface area contributed by atoms with Crippen LogP contribution in [0.5, 0.6) is 0 Å². The van der Waals surface area contributed by atoms with E-state index in [2.05, 4.69) is 17.2 Å². The smallest absolute Gasteiger partial charge is 0.123 e. The Balaban J connectivity index is 2.04. The molecule has 0 fully saturated rings. The number of hydrogen-bond acceptors (Lipinski definition) is 2. The van der Waals surface area contributed by atoms with E-state index in [1.165, 1.54) is 12.1 Å². The first-order valence-electron chi connectivity index (χ1n) is 6.65. The van der Waals surface area contributed by atoms with Crippen molar-refractivity contribution in [3.8, 4) is 0 Å². The molecule has 0 radical (unpaired) electrons. The van der Waals surface area contributed by atoms with Crippen molar-refractivity contribution in [2.24, 2.45) is 7.05 Å². The molecular formula is C15H20FN3. The first kappa shape index (κ1) is 13.7. The van der Waals surface area contributed by atoms with Crippen LogP contribution in [0.1, 0.15) is 30.8 Å². The molecule has 0 bridgehead atoms. The number of rotatable bonds is 6. The fourth-order valence-corrected chi connectivity index (χ4v) is 2.24. The molecule has 4 heteroatoms. The van der Waals surface area contributed by atoms with Crippen LogP contribution in [0.15, 0.2) is 36.7 Å². The molecule has 1 N–H and O–H groups in total. The minimum absolute atomic E-state index is 0.192. The van der Waals surface area contributed by atoms with Gasteiger partial charge >= 0.3 is 0 Å². The van der Waals surface area contributed by atoms with Crippen molar-refractivity contribution in [2.75, 3.05) is 6.54 Å². The standard InChI is InChI=1S/C15H20FN3/c1-3-17-14(12-4-6-13(16)7-5-12)8-9-15-18-10-11-19(15)2/h4-7,10-11,14,17H,3,8-9H2,1-2H3. The summed E-state index contributed by atoms with van der Waals surface area (Å²) in [5.41, 5.74) is 1.12. The molecule has 2 aromatic rings. The van der Waals surface area contributed by atoms with Crippen LogP contribution in [0.4, 0.5) is 4.39 Å². The third-order valence-corrected chi connectivity index (χ3v) is 3.30. The van der Waals surface area contributed by atoms with Crippen LogP contribution in [0.2, 0.25) is 0 Å². The third kappa shape index (κ3) is 3.64. The number of halogens is 1. The van der Waals surface area contributed by atoms with Crippen LogP contribution in [0, 0.1) is 5.82 Å². The number of benzene rings is 1. The van der Waals surface area contributed by atoms with Crippen LogP contribution < -0.4 is 5.32 Å². The molecule has 19 heavy (non-hydrogen) atoms. The summed E-state index contributed by atoms with van der Waals surface area (Å²) in [6.07, 6.45) is 5.62. The molecule has 0 aliphatic carbocycles. The van der Waals surface area contributed by atoms with E-state index in [1.54, 1.807) is 0 Å². The third-order valence-electron chi connectivity index (χ3n) is 3.30. The number of aryl methyl sites for hydroxylation is 2. The molecule has 0 aliphatic heterocycles. The van der Waals surface area contributed by atoms with Crippen molar-refractivity contribution in [3.63, 3.8) is 0 Å². The first-order valence-corrected chi connectivity index (χ1v) is 6.65. The summed E-state index contributed by atoms with van der Waals surface area (Å²) < 4.78 is 15.0. The second-order valence-corrected chi connectivity index (χ2v) is 4.65. The Bertz CT molecular complexity index is 504. The van der Waals surface area contributed by atoms with Crippen LogP contribution in [-0.2, 0) is 13.5 Å². The van der Waals surface area contributed by atoms with Crippen molar-refractivity contribution < 1.29 is 4.39 Å². The van der Waals surface area contributed by atoms with E-state index in [-0.39, 0.29) is 11.9 Å². The van der Waals surface area contributed by atoms with E-state index in [9.17, 15) is 4.39 Å². The number of nitrogens with one attached hydrogen (secondary N) is 1. The van der Waals surface area contributed by atoms with Gasteiger partial charge in [-0.15, -0.1) is 0 Å². The van der Waals surface area contributed by atoms with Gasteiger partial charge in [0.1, 0.15) is 11.6 Å². The predicted molar refractivity (Wildman–Crippen MR) is 74.3 cm³/mol. The molecule has 0 aliphatic rings. The molecular weight excluding hydrogens is 241 g/mol. The zero-order valence-electron chi connectivity index (χ0n) is 11.4. The molecule has 2 rings (SSSR count). The maximum absolute atomic E-state index is 13.0.